The maximum absolute atomic E-state index is 5.48. The van der Waals surface area contributed by atoms with Crippen LogP contribution in [0.3, 0.4) is 0 Å². The molecule has 0 saturated heterocycles. The molecule has 0 aliphatic rings. The molecule has 0 spiro atoms. The zero-order valence-corrected chi connectivity index (χ0v) is 9.17. The monoisotopic (exact) mass is 214 g/mol. The largest absolute Gasteiger partial charge is 0.496 e. The van der Waals surface area contributed by atoms with Gasteiger partial charge in [-0.15, -0.1) is 17.8 Å². The molecule has 0 aliphatic heterocycles. The van der Waals surface area contributed by atoms with Gasteiger partial charge < -0.3 is 4.74 Å². The van der Waals surface area contributed by atoms with E-state index >= 15 is 0 Å². The van der Waals surface area contributed by atoms with Crippen molar-refractivity contribution >= 4 is 11.3 Å². The number of methoxy groups -OCH3 is 1. The summed E-state index contributed by atoms with van der Waals surface area (Å²) >= 11 is 1.66. The molecule has 15 heavy (non-hydrogen) atoms. The first-order chi connectivity index (χ1) is 7.36. The summed E-state index contributed by atoms with van der Waals surface area (Å²) in [5.74, 6) is 3.51. The standard InChI is InChI=1S/C13H10OS/c1-3-10-6-4-7-11(14-2)13(10)12-8-5-9-15-12/h1,4-9H,2H3. The molecule has 1 heterocycles. The number of hydrogen-bond acceptors (Lipinski definition) is 2. The highest BCUT2D eigenvalue weighted by molar-refractivity contribution is 7.13. The third-order valence-corrected chi connectivity index (χ3v) is 3.06. The van der Waals surface area contributed by atoms with Crippen molar-refractivity contribution in [2.75, 3.05) is 7.11 Å². The van der Waals surface area contributed by atoms with E-state index in [4.69, 9.17) is 11.2 Å². The highest BCUT2D eigenvalue weighted by Gasteiger charge is 2.10. The molecule has 0 saturated carbocycles. The van der Waals surface area contributed by atoms with E-state index in [-0.39, 0.29) is 0 Å². The van der Waals surface area contributed by atoms with Gasteiger partial charge in [-0.25, -0.2) is 0 Å². The highest BCUT2D eigenvalue weighted by atomic mass is 32.1. The van der Waals surface area contributed by atoms with Crippen LogP contribution in [0.1, 0.15) is 5.56 Å². The second-order valence-electron chi connectivity index (χ2n) is 3.00. The fourth-order valence-electron chi connectivity index (χ4n) is 1.50. The van der Waals surface area contributed by atoms with Crippen molar-refractivity contribution < 1.29 is 4.74 Å². The Morgan fingerprint density at radius 2 is 2.13 bits per heavy atom. The third-order valence-electron chi connectivity index (χ3n) is 2.17. The number of rotatable bonds is 2. The fraction of sp³-hybridized carbons (Fsp3) is 0.0769. The first kappa shape index (κ1) is 9.82. The van der Waals surface area contributed by atoms with Crippen molar-refractivity contribution in [1.82, 2.24) is 0 Å². The number of terminal acetylenes is 1. The molecule has 0 bridgehead atoms. The number of hydrogen-bond donors (Lipinski definition) is 0. The van der Waals surface area contributed by atoms with Gasteiger partial charge in [0.05, 0.1) is 7.11 Å². The van der Waals surface area contributed by atoms with Gasteiger partial charge in [0.15, 0.2) is 0 Å². The summed E-state index contributed by atoms with van der Waals surface area (Å²) in [6.07, 6.45) is 5.48. The van der Waals surface area contributed by atoms with E-state index in [0.29, 0.717) is 0 Å². The Hall–Kier alpha value is -1.72. The van der Waals surface area contributed by atoms with Crippen LogP contribution in [0.4, 0.5) is 0 Å². The van der Waals surface area contributed by atoms with Gasteiger partial charge in [-0.05, 0) is 23.6 Å². The van der Waals surface area contributed by atoms with E-state index in [2.05, 4.69) is 5.92 Å². The van der Waals surface area contributed by atoms with Gasteiger partial charge in [-0.3, -0.25) is 0 Å². The number of thiophene rings is 1. The topological polar surface area (TPSA) is 9.23 Å². The minimum atomic E-state index is 0.827. The summed E-state index contributed by atoms with van der Waals surface area (Å²) in [6.45, 7) is 0. The normalized spacial score (nSPS) is 9.60. The van der Waals surface area contributed by atoms with Gasteiger partial charge in [-0.1, -0.05) is 18.1 Å². The molecule has 2 rings (SSSR count). The Balaban J connectivity index is 2.67. The lowest BCUT2D eigenvalue weighted by atomic mass is 10.1. The Morgan fingerprint density at radius 1 is 1.27 bits per heavy atom. The van der Waals surface area contributed by atoms with Gasteiger partial charge in [0, 0.05) is 16.0 Å². The summed E-state index contributed by atoms with van der Waals surface area (Å²) in [4.78, 5) is 1.14. The summed E-state index contributed by atoms with van der Waals surface area (Å²) in [6, 6.07) is 9.81. The zero-order chi connectivity index (χ0) is 10.7. The molecule has 0 aliphatic carbocycles. The number of benzene rings is 1. The predicted octanol–water partition coefficient (Wildman–Crippen LogP) is 3.41. The summed E-state index contributed by atoms with van der Waals surface area (Å²) < 4.78 is 5.32. The van der Waals surface area contributed by atoms with Crippen LogP contribution in [-0.2, 0) is 0 Å². The molecular formula is C13H10OS. The van der Waals surface area contributed by atoms with Gasteiger partial charge in [0.25, 0.3) is 0 Å². The molecule has 74 valence electrons. The highest BCUT2D eigenvalue weighted by Crippen LogP contribution is 2.35. The number of ether oxygens (including phenoxy) is 1. The molecule has 1 nitrogen and oxygen atoms in total. The van der Waals surface area contributed by atoms with Crippen LogP contribution in [0.15, 0.2) is 35.7 Å². The summed E-state index contributed by atoms with van der Waals surface area (Å²) in [5, 5.41) is 2.03. The van der Waals surface area contributed by atoms with E-state index in [1.807, 2.05) is 35.7 Å². The molecule has 0 fully saturated rings. The minimum Gasteiger partial charge on any atom is -0.496 e. The Bertz CT molecular complexity index is 492. The van der Waals surface area contributed by atoms with Crippen LogP contribution in [0, 0.1) is 12.3 Å². The molecule has 2 heteroatoms. The van der Waals surface area contributed by atoms with E-state index in [1.165, 1.54) is 0 Å². The smallest absolute Gasteiger partial charge is 0.128 e. The summed E-state index contributed by atoms with van der Waals surface area (Å²) in [7, 11) is 1.66. The van der Waals surface area contributed by atoms with Crippen LogP contribution in [-0.4, -0.2) is 7.11 Å². The van der Waals surface area contributed by atoms with Crippen LogP contribution in [0.2, 0.25) is 0 Å². The van der Waals surface area contributed by atoms with Gasteiger partial charge in [-0.2, -0.15) is 0 Å². The fourth-order valence-corrected chi connectivity index (χ4v) is 2.29. The molecule has 0 N–H and O–H groups in total. The van der Waals surface area contributed by atoms with E-state index in [9.17, 15) is 0 Å². The maximum atomic E-state index is 5.48. The lowest BCUT2D eigenvalue weighted by molar-refractivity contribution is 0.416. The van der Waals surface area contributed by atoms with Crippen molar-refractivity contribution in [2.24, 2.45) is 0 Å². The van der Waals surface area contributed by atoms with Crippen LogP contribution < -0.4 is 4.74 Å². The van der Waals surface area contributed by atoms with E-state index in [1.54, 1.807) is 18.4 Å². The Kier molecular flexibility index (Phi) is 2.75. The van der Waals surface area contributed by atoms with Crippen LogP contribution in [0.5, 0.6) is 5.75 Å². The van der Waals surface area contributed by atoms with Crippen LogP contribution >= 0.6 is 11.3 Å². The molecule has 0 radical (unpaired) electrons. The average Bonchev–Trinajstić information content (AvgIpc) is 2.81. The van der Waals surface area contributed by atoms with Crippen LogP contribution in [0.25, 0.3) is 10.4 Å². The van der Waals surface area contributed by atoms with E-state index < -0.39 is 0 Å². The average molecular weight is 214 g/mol. The van der Waals surface area contributed by atoms with E-state index in [0.717, 1.165) is 21.8 Å². The van der Waals surface area contributed by atoms with Crippen molar-refractivity contribution in [1.29, 1.82) is 0 Å². The Morgan fingerprint density at radius 3 is 2.73 bits per heavy atom. The molecule has 0 atom stereocenters. The third kappa shape index (κ3) is 1.74. The molecule has 0 amide bonds. The first-order valence-corrected chi connectivity index (χ1v) is 5.42. The Labute approximate surface area is 93.3 Å². The first-order valence-electron chi connectivity index (χ1n) is 4.54. The lowest BCUT2D eigenvalue weighted by Crippen LogP contribution is -1.89. The SMILES string of the molecule is C#Cc1cccc(OC)c1-c1cccs1. The van der Waals surface area contributed by atoms with Gasteiger partial charge in [0.2, 0.25) is 0 Å². The second kappa shape index (κ2) is 4.20. The van der Waals surface area contributed by atoms with Crippen molar-refractivity contribution in [3.63, 3.8) is 0 Å². The maximum Gasteiger partial charge on any atom is 0.128 e. The molecule has 1 aromatic heterocycles. The van der Waals surface area contributed by atoms with Crippen molar-refractivity contribution in [2.45, 2.75) is 0 Å². The molecule has 0 unspecified atom stereocenters. The summed E-state index contributed by atoms with van der Waals surface area (Å²) in [5.41, 5.74) is 1.88. The quantitative estimate of drug-likeness (QED) is 0.696. The van der Waals surface area contributed by atoms with Crippen molar-refractivity contribution in [3.05, 3.63) is 41.3 Å². The van der Waals surface area contributed by atoms with Gasteiger partial charge in [0.1, 0.15) is 5.75 Å². The van der Waals surface area contributed by atoms with Crippen molar-refractivity contribution in [3.8, 4) is 28.5 Å². The molecule has 2 aromatic rings. The zero-order valence-electron chi connectivity index (χ0n) is 8.36. The molecular weight excluding hydrogens is 204 g/mol. The molecule has 1 aromatic carbocycles. The lowest BCUT2D eigenvalue weighted by Gasteiger charge is -2.08. The predicted molar refractivity (Wildman–Crippen MR) is 64.2 cm³/mol. The minimum absolute atomic E-state index is 0.827. The second-order valence-corrected chi connectivity index (χ2v) is 3.95. The van der Waals surface area contributed by atoms with Gasteiger partial charge >= 0.3 is 0 Å².